The number of thioether (sulfide) groups is 1. The van der Waals surface area contributed by atoms with Crippen LogP contribution < -0.4 is 0 Å². The number of carboxylic acids is 1. The van der Waals surface area contributed by atoms with E-state index in [0.29, 0.717) is 17.0 Å². The normalized spacial score (nSPS) is 10.6. The van der Waals surface area contributed by atoms with Gasteiger partial charge in [-0.05, 0) is 30.6 Å². The zero-order chi connectivity index (χ0) is 13.5. The quantitative estimate of drug-likeness (QED) is 0.608. The summed E-state index contributed by atoms with van der Waals surface area (Å²) in [7, 11) is 0. The molecule has 18 heavy (non-hydrogen) atoms. The van der Waals surface area contributed by atoms with Gasteiger partial charge in [0.15, 0.2) is 0 Å². The number of rotatable bonds is 7. The van der Waals surface area contributed by atoms with Crippen LogP contribution in [-0.4, -0.2) is 27.0 Å². The van der Waals surface area contributed by atoms with E-state index in [9.17, 15) is 9.90 Å². The molecule has 0 fully saturated rings. The van der Waals surface area contributed by atoms with Crippen molar-refractivity contribution in [1.29, 1.82) is 0 Å². The maximum absolute atomic E-state index is 11.4. The van der Waals surface area contributed by atoms with Crippen LogP contribution in [0.3, 0.4) is 0 Å². The number of aromatic nitrogens is 2. The van der Waals surface area contributed by atoms with Crippen LogP contribution in [0.25, 0.3) is 0 Å². The number of aromatic carboxylic acids is 1. The standard InChI is InChI=1S/C13H20N2O2S/c1-4-7-8-18-12-11(13(16)17)9(5-2)10(6-3)14-15-12/h4-8H2,1-3H3,(H,16,17). The average Bonchev–Trinajstić information content (AvgIpc) is 2.37. The average molecular weight is 268 g/mol. The maximum atomic E-state index is 11.4. The molecule has 0 atom stereocenters. The molecule has 0 aliphatic rings. The Morgan fingerprint density at radius 1 is 1.22 bits per heavy atom. The summed E-state index contributed by atoms with van der Waals surface area (Å²) in [5.41, 5.74) is 1.99. The molecule has 1 heterocycles. The summed E-state index contributed by atoms with van der Waals surface area (Å²) in [5, 5.41) is 18.2. The number of carbonyl (C=O) groups is 1. The fraction of sp³-hybridized carbons (Fsp3) is 0.615. The van der Waals surface area contributed by atoms with E-state index in [0.717, 1.165) is 36.3 Å². The van der Waals surface area contributed by atoms with Crippen molar-refractivity contribution in [3.8, 4) is 0 Å². The molecular weight excluding hydrogens is 248 g/mol. The topological polar surface area (TPSA) is 63.1 Å². The molecule has 0 aliphatic carbocycles. The molecule has 0 aliphatic heterocycles. The Morgan fingerprint density at radius 3 is 2.44 bits per heavy atom. The monoisotopic (exact) mass is 268 g/mol. The van der Waals surface area contributed by atoms with Gasteiger partial charge in [0.05, 0.1) is 11.3 Å². The SMILES string of the molecule is CCCCSc1nnc(CC)c(CC)c1C(=O)O. The highest BCUT2D eigenvalue weighted by atomic mass is 32.2. The fourth-order valence-electron chi connectivity index (χ4n) is 1.79. The minimum absolute atomic E-state index is 0.352. The van der Waals surface area contributed by atoms with E-state index < -0.39 is 5.97 Å². The predicted octanol–water partition coefficient (Wildman–Crippen LogP) is 3.19. The van der Waals surface area contributed by atoms with Crippen molar-refractivity contribution < 1.29 is 9.90 Å². The number of unbranched alkanes of at least 4 members (excludes halogenated alkanes) is 1. The lowest BCUT2D eigenvalue weighted by Gasteiger charge is -2.11. The lowest BCUT2D eigenvalue weighted by atomic mass is 10.0. The van der Waals surface area contributed by atoms with Crippen molar-refractivity contribution in [2.45, 2.75) is 51.5 Å². The molecule has 0 radical (unpaired) electrons. The molecule has 5 heteroatoms. The number of carboxylic acid groups (broad SMARTS) is 1. The third kappa shape index (κ3) is 3.45. The van der Waals surface area contributed by atoms with Crippen LogP contribution in [0.1, 0.15) is 55.2 Å². The van der Waals surface area contributed by atoms with Crippen molar-refractivity contribution >= 4 is 17.7 Å². The molecule has 0 amide bonds. The highest BCUT2D eigenvalue weighted by Crippen LogP contribution is 2.26. The molecule has 1 rings (SSSR count). The van der Waals surface area contributed by atoms with Crippen LogP contribution in [0.4, 0.5) is 0 Å². The first-order chi connectivity index (χ1) is 8.65. The van der Waals surface area contributed by atoms with Gasteiger partial charge in [0, 0.05) is 0 Å². The van der Waals surface area contributed by atoms with Gasteiger partial charge in [-0.2, -0.15) is 5.10 Å². The summed E-state index contributed by atoms with van der Waals surface area (Å²) in [6.45, 7) is 6.05. The van der Waals surface area contributed by atoms with E-state index in [1.54, 1.807) is 0 Å². The summed E-state index contributed by atoms with van der Waals surface area (Å²) in [4.78, 5) is 11.4. The van der Waals surface area contributed by atoms with E-state index in [1.807, 2.05) is 13.8 Å². The second-order valence-corrected chi connectivity index (χ2v) is 5.10. The Hall–Kier alpha value is -1.10. The number of hydrogen-bond acceptors (Lipinski definition) is 4. The molecule has 0 saturated heterocycles. The summed E-state index contributed by atoms with van der Waals surface area (Å²) in [5.74, 6) is -0.00413. The highest BCUT2D eigenvalue weighted by Gasteiger charge is 2.20. The number of nitrogens with zero attached hydrogens (tertiary/aromatic N) is 2. The van der Waals surface area contributed by atoms with Crippen molar-refractivity contribution in [2.24, 2.45) is 0 Å². The Kier molecular flexibility index (Phi) is 6.12. The number of aryl methyl sites for hydroxylation is 1. The van der Waals surface area contributed by atoms with Gasteiger partial charge in [-0.25, -0.2) is 4.79 Å². The van der Waals surface area contributed by atoms with E-state index in [-0.39, 0.29) is 0 Å². The van der Waals surface area contributed by atoms with Crippen LogP contribution >= 0.6 is 11.8 Å². The first-order valence-electron chi connectivity index (χ1n) is 6.40. The van der Waals surface area contributed by atoms with E-state index in [4.69, 9.17) is 0 Å². The van der Waals surface area contributed by atoms with Gasteiger partial charge in [0.1, 0.15) is 5.03 Å². The second-order valence-electron chi connectivity index (χ2n) is 4.02. The Balaban J connectivity index is 3.13. The molecule has 1 N–H and O–H groups in total. The fourth-order valence-corrected chi connectivity index (χ4v) is 2.87. The third-order valence-corrected chi connectivity index (χ3v) is 3.82. The molecule has 0 spiro atoms. The van der Waals surface area contributed by atoms with Crippen LogP contribution in [0.2, 0.25) is 0 Å². The van der Waals surface area contributed by atoms with Crippen LogP contribution in [0.15, 0.2) is 5.03 Å². The van der Waals surface area contributed by atoms with Crippen molar-refractivity contribution in [3.05, 3.63) is 16.8 Å². The van der Waals surface area contributed by atoms with Gasteiger partial charge >= 0.3 is 5.97 Å². The zero-order valence-electron chi connectivity index (χ0n) is 11.2. The van der Waals surface area contributed by atoms with Crippen molar-refractivity contribution in [2.75, 3.05) is 5.75 Å². The molecular formula is C13H20N2O2S. The van der Waals surface area contributed by atoms with E-state index in [1.165, 1.54) is 11.8 Å². The van der Waals surface area contributed by atoms with Gasteiger partial charge in [0.25, 0.3) is 0 Å². The van der Waals surface area contributed by atoms with Gasteiger partial charge in [-0.3, -0.25) is 0 Å². The lowest BCUT2D eigenvalue weighted by Crippen LogP contribution is -2.11. The van der Waals surface area contributed by atoms with E-state index >= 15 is 0 Å². The maximum Gasteiger partial charge on any atom is 0.338 e. The lowest BCUT2D eigenvalue weighted by molar-refractivity contribution is 0.0690. The van der Waals surface area contributed by atoms with Gasteiger partial charge in [-0.15, -0.1) is 16.9 Å². The third-order valence-electron chi connectivity index (χ3n) is 2.76. The summed E-state index contributed by atoms with van der Waals surface area (Å²) in [6, 6.07) is 0. The van der Waals surface area contributed by atoms with Crippen LogP contribution in [0, 0.1) is 0 Å². The van der Waals surface area contributed by atoms with E-state index in [2.05, 4.69) is 17.1 Å². The Bertz CT molecular complexity index is 422. The molecule has 100 valence electrons. The molecule has 1 aromatic heterocycles. The minimum Gasteiger partial charge on any atom is -0.478 e. The molecule has 0 bridgehead atoms. The molecule has 0 unspecified atom stereocenters. The van der Waals surface area contributed by atoms with Gasteiger partial charge in [0.2, 0.25) is 0 Å². The Labute approximate surface area is 112 Å². The molecule has 0 aromatic carbocycles. The molecule has 0 saturated carbocycles. The smallest absolute Gasteiger partial charge is 0.338 e. The highest BCUT2D eigenvalue weighted by molar-refractivity contribution is 7.99. The van der Waals surface area contributed by atoms with Gasteiger partial charge < -0.3 is 5.11 Å². The summed E-state index contributed by atoms with van der Waals surface area (Å²) < 4.78 is 0. The Morgan fingerprint density at radius 2 is 1.94 bits per heavy atom. The summed E-state index contributed by atoms with van der Waals surface area (Å²) in [6.07, 6.45) is 3.55. The molecule has 1 aromatic rings. The minimum atomic E-state index is -0.893. The first kappa shape index (κ1) is 15.0. The largest absolute Gasteiger partial charge is 0.478 e. The zero-order valence-corrected chi connectivity index (χ0v) is 12.0. The second kappa shape index (κ2) is 7.36. The number of hydrogen-bond donors (Lipinski definition) is 1. The predicted molar refractivity (Wildman–Crippen MR) is 73.4 cm³/mol. The first-order valence-corrected chi connectivity index (χ1v) is 7.38. The van der Waals surface area contributed by atoms with Crippen LogP contribution in [0.5, 0.6) is 0 Å². The van der Waals surface area contributed by atoms with Crippen molar-refractivity contribution in [3.63, 3.8) is 0 Å². The van der Waals surface area contributed by atoms with Crippen molar-refractivity contribution in [1.82, 2.24) is 10.2 Å². The van der Waals surface area contributed by atoms with Gasteiger partial charge in [-0.1, -0.05) is 27.2 Å². The summed E-state index contributed by atoms with van der Waals surface area (Å²) >= 11 is 1.49. The molecule has 4 nitrogen and oxygen atoms in total. The van der Waals surface area contributed by atoms with Crippen LogP contribution in [-0.2, 0) is 12.8 Å².